The predicted octanol–water partition coefficient (Wildman–Crippen LogP) is 0.475. The van der Waals surface area contributed by atoms with Gasteiger partial charge in [-0.15, -0.1) is 0 Å². The molecule has 0 bridgehead atoms. The third-order valence-electron chi connectivity index (χ3n) is 2.37. The van der Waals surface area contributed by atoms with E-state index in [1.807, 2.05) is 0 Å². The van der Waals surface area contributed by atoms with Crippen molar-refractivity contribution in [3.8, 4) is 0 Å². The summed E-state index contributed by atoms with van der Waals surface area (Å²) in [5.41, 5.74) is -1.99. The highest BCUT2D eigenvalue weighted by Gasteiger charge is 2.30. The summed E-state index contributed by atoms with van der Waals surface area (Å²) in [6.45, 7) is 2.43. The third kappa shape index (κ3) is 3.77. The van der Waals surface area contributed by atoms with Gasteiger partial charge in [0.25, 0.3) is 0 Å². The molecule has 0 fully saturated rings. The van der Waals surface area contributed by atoms with E-state index < -0.39 is 17.6 Å². The number of carbonyl (C=O) groups is 2. The van der Waals surface area contributed by atoms with Crippen molar-refractivity contribution in [1.82, 2.24) is 10.6 Å². The van der Waals surface area contributed by atoms with Crippen LogP contribution < -0.4 is 10.6 Å². The zero-order valence-corrected chi connectivity index (χ0v) is 10.1. The molecule has 1 aromatic rings. The fourth-order valence-corrected chi connectivity index (χ4v) is 1.18. The first-order valence-electron chi connectivity index (χ1n) is 5.36. The van der Waals surface area contributed by atoms with Gasteiger partial charge in [-0.1, -0.05) is 0 Å². The second-order valence-electron chi connectivity index (χ2n) is 4.14. The van der Waals surface area contributed by atoms with Gasteiger partial charge in [-0.05, 0) is 26.0 Å². The number of urea groups is 1. The van der Waals surface area contributed by atoms with Gasteiger partial charge in [0.15, 0.2) is 5.60 Å². The monoisotopic (exact) mass is 256 g/mol. The molecule has 0 aliphatic rings. The number of furan rings is 1. The second-order valence-corrected chi connectivity index (χ2v) is 4.14. The van der Waals surface area contributed by atoms with E-state index in [1.165, 1.54) is 6.26 Å². The Morgan fingerprint density at radius 1 is 1.56 bits per heavy atom. The molecule has 2 atom stereocenters. The van der Waals surface area contributed by atoms with Gasteiger partial charge in [0.2, 0.25) is 0 Å². The molecule has 0 saturated heterocycles. The van der Waals surface area contributed by atoms with Gasteiger partial charge in [-0.3, -0.25) is 0 Å². The van der Waals surface area contributed by atoms with Crippen molar-refractivity contribution >= 4 is 12.0 Å². The van der Waals surface area contributed by atoms with E-state index in [0.29, 0.717) is 5.76 Å². The summed E-state index contributed by atoms with van der Waals surface area (Å²) < 4.78 is 5.09. The number of hydrogen-bond donors (Lipinski definition) is 4. The Kier molecular flexibility index (Phi) is 4.33. The van der Waals surface area contributed by atoms with E-state index in [0.717, 1.165) is 6.92 Å². The van der Waals surface area contributed by atoms with Crippen LogP contribution in [0.5, 0.6) is 0 Å². The summed E-state index contributed by atoms with van der Waals surface area (Å²) in [5, 5.41) is 22.9. The van der Waals surface area contributed by atoms with Gasteiger partial charge < -0.3 is 25.3 Å². The number of hydrogen-bond acceptors (Lipinski definition) is 4. The molecular weight excluding hydrogens is 240 g/mol. The highest BCUT2D eigenvalue weighted by Crippen LogP contribution is 2.11. The van der Waals surface area contributed by atoms with Gasteiger partial charge in [0.05, 0.1) is 18.8 Å². The Hall–Kier alpha value is -2.02. The first-order valence-corrected chi connectivity index (χ1v) is 5.36. The summed E-state index contributed by atoms with van der Waals surface area (Å²) in [6, 6.07) is 2.47. The van der Waals surface area contributed by atoms with Crippen molar-refractivity contribution in [3.63, 3.8) is 0 Å². The number of nitrogens with one attached hydrogen (secondary N) is 2. The van der Waals surface area contributed by atoms with E-state index in [-0.39, 0.29) is 12.6 Å². The maximum atomic E-state index is 11.4. The lowest BCUT2D eigenvalue weighted by atomic mass is 10.1. The minimum absolute atomic E-state index is 0.352. The van der Waals surface area contributed by atoms with Gasteiger partial charge in [-0.25, -0.2) is 9.59 Å². The lowest BCUT2D eigenvalue weighted by Gasteiger charge is -2.19. The van der Waals surface area contributed by atoms with Crippen LogP contribution in [-0.4, -0.2) is 34.4 Å². The van der Waals surface area contributed by atoms with Crippen molar-refractivity contribution in [1.29, 1.82) is 0 Å². The fraction of sp³-hybridized carbons (Fsp3) is 0.455. The molecule has 0 aliphatic heterocycles. The zero-order chi connectivity index (χ0) is 13.8. The lowest BCUT2D eigenvalue weighted by molar-refractivity contribution is -0.155. The molecule has 0 radical (unpaired) electrons. The van der Waals surface area contributed by atoms with E-state index >= 15 is 0 Å². The molecule has 1 heterocycles. The first-order chi connectivity index (χ1) is 8.33. The zero-order valence-electron chi connectivity index (χ0n) is 10.1. The van der Waals surface area contributed by atoms with Crippen LogP contribution in [0.15, 0.2) is 22.8 Å². The van der Waals surface area contributed by atoms with Crippen LogP contribution in [0.2, 0.25) is 0 Å². The van der Waals surface area contributed by atoms with E-state index in [9.17, 15) is 14.7 Å². The molecule has 1 aromatic heterocycles. The van der Waals surface area contributed by atoms with E-state index in [4.69, 9.17) is 9.52 Å². The van der Waals surface area contributed by atoms with Crippen LogP contribution in [-0.2, 0) is 4.79 Å². The maximum Gasteiger partial charge on any atom is 0.337 e. The first kappa shape index (κ1) is 14.0. The van der Waals surface area contributed by atoms with Crippen molar-refractivity contribution < 1.29 is 24.2 Å². The molecule has 0 spiro atoms. The molecule has 4 N–H and O–H groups in total. The molecule has 18 heavy (non-hydrogen) atoms. The number of rotatable bonds is 5. The van der Waals surface area contributed by atoms with Crippen molar-refractivity contribution in [2.75, 3.05) is 6.54 Å². The standard InChI is InChI=1S/C11H16N2O5/c1-7(8-4-3-5-18-8)13-10(16)12-6-11(2,17)9(14)15/h3-5,7,17H,6H2,1-2H3,(H,14,15)(H2,12,13,16). The Bertz CT molecular complexity index is 413. The van der Waals surface area contributed by atoms with Gasteiger partial charge in [0, 0.05) is 0 Å². The van der Waals surface area contributed by atoms with E-state index in [2.05, 4.69) is 10.6 Å². The number of carbonyl (C=O) groups excluding carboxylic acids is 1. The van der Waals surface area contributed by atoms with Crippen LogP contribution in [0.25, 0.3) is 0 Å². The van der Waals surface area contributed by atoms with Crippen LogP contribution in [0.4, 0.5) is 4.79 Å². The van der Waals surface area contributed by atoms with Crippen LogP contribution in [0, 0.1) is 0 Å². The highest BCUT2D eigenvalue weighted by molar-refractivity contribution is 5.79. The normalized spacial score (nSPS) is 15.5. The Morgan fingerprint density at radius 3 is 2.72 bits per heavy atom. The Labute approximate surface area is 104 Å². The molecule has 100 valence electrons. The average molecular weight is 256 g/mol. The summed E-state index contributed by atoms with van der Waals surface area (Å²) in [7, 11) is 0. The molecule has 0 aromatic carbocycles. The quantitative estimate of drug-likeness (QED) is 0.612. The van der Waals surface area contributed by atoms with Crippen LogP contribution in [0.1, 0.15) is 25.6 Å². The average Bonchev–Trinajstić information content (AvgIpc) is 2.79. The third-order valence-corrected chi connectivity index (χ3v) is 2.37. The molecule has 7 nitrogen and oxygen atoms in total. The van der Waals surface area contributed by atoms with Crippen molar-refractivity contribution in [3.05, 3.63) is 24.2 Å². The molecule has 7 heteroatoms. The second kappa shape index (κ2) is 5.54. The minimum Gasteiger partial charge on any atom is -0.479 e. The smallest absolute Gasteiger partial charge is 0.337 e. The van der Waals surface area contributed by atoms with Gasteiger partial charge >= 0.3 is 12.0 Å². The fourth-order valence-electron chi connectivity index (χ4n) is 1.18. The summed E-state index contributed by atoms with van der Waals surface area (Å²) in [6.07, 6.45) is 1.49. The SMILES string of the molecule is CC(NC(=O)NCC(C)(O)C(=O)O)c1ccco1. The molecule has 2 amide bonds. The lowest BCUT2D eigenvalue weighted by Crippen LogP contribution is -2.49. The summed E-state index contributed by atoms with van der Waals surface area (Å²) >= 11 is 0. The molecule has 0 saturated carbocycles. The number of carboxylic acid groups (broad SMARTS) is 1. The minimum atomic E-state index is -1.99. The maximum absolute atomic E-state index is 11.4. The molecular formula is C11H16N2O5. The van der Waals surface area contributed by atoms with Gasteiger partial charge in [-0.2, -0.15) is 0 Å². The Morgan fingerprint density at radius 2 is 2.22 bits per heavy atom. The number of carboxylic acids is 1. The number of aliphatic carboxylic acids is 1. The summed E-state index contributed by atoms with van der Waals surface area (Å²) in [5.74, 6) is -0.822. The van der Waals surface area contributed by atoms with Crippen molar-refractivity contribution in [2.45, 2.75) is 25.5 Å². The Balaban J connectivity index is 2.41. The number of aliphatic hydroxyl groups is 1. The summed E-state index contributed by atoms with van der Waals surface area (Å²) in [4.78, 5) is 22.1. The molecule has 0 aliphatic carbocycles. The highest BCUT2D eigenvalue weighted by atomic mass is 16.4. The van der Waals surface area contributed by atoms with Gasteiger partial charge in [0.1, 0.15) is 5.76 Å². The molecule has 2 unspecified atom stereocenters. The molecule has 1 rings (SSSR count). The van der Waals surface area contributed by atoms with E-state index in [1.54, 1.807) is 19.1 Å². The predicted molar refractivity (Wildman–Crippen MR) is 61.9 cm³/mol. The number of amides is 2. The van der Waals surface area contributed by atoms with Crippen LogP contribution in [0.3, 0.4) is 0 Å². The largest absolute Gasteiger partial charge is 0.479 e. The van der Waals surface area contributed by atoms with Crippen LogP contribution >= 0.6 is 0 Å². The topological polar surface area (TPSA) is 112 Å². The van der Waals surface area contributed by atoms with Crippen molar-refractivity contribution in [2.24, 2.45) is 0 Å².